The fourth-order valence-electron chi connectivity index (χ4n) is 2.57. The van der Waals surface area contributed by atoms with Crippen molar-refractivity contribution in [2.75, 3.05) is 39.3 Å². The maximum Gasteiger partial charge on any atom is 0.320 e. The maximum absolute atomic E-state index is 12.3. The Balaban J connectivity index is 5.26. The van der Waals surface area contributed by atoms with Gasteiger partial charge in [-0.1, -0.05) is 0 Å². The summed E-state index contributed by atoms with van der Waals surface area (Å²) in [5, 5.41) is 9.19. The summed E-state index contributed by atoms with van der Waals surface area (Å²) in [6, 6.07) is 0. The zero-order chi connectivity index (χ0) is 25.3. The summed E-state index contributed by atoms with van der Waals surface area (Å²) in [7, 11) is 0. The second-order valence-electron chi connectivity index (χ2n) is 10.6. The lowest BCUT2D eigenvalue weighted by molar-refractivity contribution is -0.162. The van der Waals surface area contributed by atoms with Gasteiger partial charge in [0.15, 0.2) is 0 Å². The van der Waals surface area contributed by atoms with Crippen LogP contribution in [0.3, 0.4) is 0 Å². The van der Waals surface area contributed by atoms with Crippen LogP contribution in [-0.2, 0) is 33.4 Å². The highest BCUT2D eigenvalue weighted by Crippen LogP contribution is 2.11. The normalized spacial score (nSPS) is 12.6. The van der Waals surface area contributed by atoms with Crippen LogP contribution in [0.15, 0.2) is 0 Å². The predicted octanol–water partition coefficient (Wildman–Crippen LogP) is 1.70. The van der Waals surface area contributed by atoms with Crippen molar-refractivity contribution >= 4 is 23.9 Å². The zero-order valence-electron chi connectivity index (χ0n) is 20.9. The molecule has 0 aromatic heterocycles. The van der Waals surface area contributed by atoms with Crippen LogP contribution in [-0.4, -0.2) is 94.9 Å². The highest BCUT2D eigenvalue weighted by Gasteiger charge is 2.25. The van der Waals surface area contributed by atoms with E-state index < -0.39 is 47.2 Å². The van der Waals surface area contributed by atoms with E-state index in [9.17, 15) is 24.3 Å². The minimum absolute atomic E-state index is 0.108. The highest BCUT2D eigenvalue weighted by molar-refractivity contribution is 5.76. The topological polar surface area (TPSA) is 123 Å². The lowest BCUT2D eigenvalue weighted by Crippen LogP contribution is -2.45. The quantitative estimate of drug-likeness (QED) is 0.360. The lowest BCUT2D eigenvalue weighted by Gasteiger charge is -2.28. The molecule has 0 saturated carbocycles. The molecule has 32 heavy (non-hydrogen) atoms. The van der Waals surface area contributed by atoms with Crippen LogP contribution in [0.4, 0.5) is 0 Å². The molecule has 0 aromatic carbocycles. The van der Waals surface area contributed by atoms with Gasteiger partial charge in [0.05, 0.1) is 26.2 Å². The van der Waals surface area contributed by atoms with Gasteiger partial charge in [0, 0.05) is 13.1 Å². The van der Waals surface area contributed by atoms with E-state index in [1.807, 2.05) is 0 Å². The fourth-order valence-corrected chi connectivity index (χ4v) is 2.57. The summed E-state index contributed by atoms with van der Waals surface area (Å²) in [6.45, 7) is 14.8. The molecular formula is C22H40N2O8. The van der Waals surface area contributed by atoms with Crippen molar-refractivity contribution < 1.29 is 38.5 Å². The SMILES string of the molecule is CC(C)(C)OC(=O)CN(CCN(CC(=O)OC(C)(C)C)CC(=O)OC(C)(C)C)CC(=O)O. The number of carboxylic acids is 1. The monoisotopic (exact) mass is 460 g/mol. The van der Waals surface area contributed by atoms with Crippen LogP contribution in [0.5, 0.6) is 0 Å². The standard InChI is InChI=1S/C22H40N2O8/c1-20(2,3)30-17(27)13-23(12-16(25)26)10-11-24(14-18(28)31-21(4,5)6)15-19(29)32-22(7,8)9/h10-15H2,1-9H3,(H,25,26). The summed E-state index contributed by atoms with van der Waals surface area (Å²) in [5.74, 6) is -2.74. The summed E-state index contributed by atoms with van der Waals surface area (Å²) < 4.78 is 15.9. The number of hydrogen-bond donors (Lipinski definition) is 1. The molecule has 0 bridgehead atoms. The molecule has 0 amide bonds. The smallest absolute Gasteiger partial charge is 0.320 e. The van der Waals surface area contributed by atoms with Gasteiger partial charge in [0.2, 0.25) is 0 Å². The van der Waals surface area contributed by atoms with E-state index in [1.54, 1.807) is 62.3 Å². The van der Waals surface area contributed by atoms with Crippen molar-refractivity contribution in [3.63, 3.8) is 0 Å². The average molecular weight is 461 g/mol. The Morgan fingerprint density at radius 3 is 1.03 bits per heavy atom. The van der Waals surface area contributed by atoms with Crippen LogP contribution in [0.25, 0.3) is 0 Å². The van der Waals surface area contributed by atoms with Gasteiger partial charge < -0.3 is 19.3 Å². The van der Waals surface area contributed by atoms with Crippen molar-refractivity contribution in [2.45, 2.75) is 79.1 Å². The van der Waals surface area contributed by atoms with E-state index in [-0.39, 0.29) is 32.7 Å². The molecule has 0 heterocycles. The summed E-state index contributed by atoms with van der Waals surface area (Å²) in [4.78, 5) is 50.9. The third kappa shape index (κ3) is 17.5. The second-order valence-corrected chi connectivity index (χ2v) is 10.6. The molecule has 10 nitrogen and oxygen atoms in total. The first-order valence-corrected chi connectivity index (χ1v) is 10.6. The number of aliphatic carboxylic acids is 1. The van der Waals surface area contributed by atoms with E-state index in [0.29, 0.717) is 0 Å². The van der Waals surface area contributed by atoms with Gasteiger partial charge in [-0.25, -0.2) is 0 Å². The van der Waals surface area contributed by atoms with Crippen LogP contribution >= 0.6 is 0 Å². The predicted molar refractivity (Wildman–Crippen MR) is 118 cm³/mol. The minimum atomic E-state index is -1.11. The molecule has 0 aliphatic heterocycles. The van der Waals surface area contributed by atoms with Crippen molar-refractivity contribution in [1.82, 2.24) is 9.80 Å². The van der Waals surface area contributed by atoms with Gasteiger partial charge >= 0.3 is 23.9 Å². The minimum Gasteiger partial charge on any atom is -0.480 e. The van der Waals surface area contributed by atoms with Crippen LogP contribution in [0.2, 0.25) is 0 Å². The van der Waals surface area contributed by atoms with Gasteiger partial charge in [-0.05, 0) is 62.3 Å². The van der Waals surface area contributed by atoms with E-state index in [4.69, 9.17) is 14.2 Å². The number of ether oxygens (including phenoxy) is 3. The molecule has 0 fully saturated rings. The zero-order valence-corrected chi connectivity index (χ0v) is 20.9. The fraction of sp³-hybridized carbons (Fsp3) is 0.818. The van der Waals surface area contributed by atoms with Gasteiger partial charge in [-0.2, -0.15) is 0 Å². The van der Waals surface area contributed by atoms with Gasteiger partial charge in [0.1, 0.15) is 16.8 Å². The van der Waals surface area contributed by atoms with E-state index in [2.05, 4.69) is 0 Å². The van der Waals surface area contributed by atoms with Crippen LogP contribution in [0.1, 0.15) is 62.3 Å². The summed E-state index contributed by atoms with van der Waals surface area (Å²) in [5.41, 5.74) is -2.09. The van der Waals surface area contributed by atoms with Crippen LogP contribution in [0, 0.1) is 0 Å². The Bertz CT molecular complexity index is 626. The Kier molecular flexibility index (Phi) is 11.3. The van der Waals surface area contributed by atoms with Crippen molar-refractivity contribution in [3.05, 3.63) is 0 Å². The van der Waals surface area contributed by atoms with E-state index >= 15 is 0 Å². The highest BCUT2D eigenvalue weighted by atomic mass is 16.6. The molecular weight excluding hydrogens is 420 g/mol. The van der Waals surface area contributed by atoms with Crippen molar-refractivity contribution in [1.29, 1.82) is 0 Å². The first-order chi connectivity index (χ1) is 14.3. The number of carbonyl (C=O) groups is 4. The Morgan fingerprint density at radius 2 is 0.812 bits per heavy atom. The molecule has 0 aromatic rings. The van der Waals surface area contributed by atoms with Gasteiger partial charge in [0.25, 0.3) is 0 Å². The van der Waals surface area contributed by atoms with Crippen molar-refractivity contribution in [3.8, 4) is 0 Å². The summed E-state index contributed by atoms with van der Waals surface area (Å²) >= 11 is 0. The molecule has 186 valence electrons. The number of carbonyl (C=O) groups excluding carboxylic acids is 3. The van der Waals surface area contributed by atoms with E-state index in [1.165, 1.54) is 9.80 Å². The largest absolute Gasteiger partial charge is 0.480 e. The summed E-state index contributed by atoms with van der Waals surface area (Å²) in [6.07, 6.45) is 0. The first kappa shape index (κ1) is 29.8. The molecule has 1 N–H and O–H groups in total. The molecule has 0 atom stereocenters. The molecule has 0 aliphatic rings. The van der Waals surface area contributed by atoms with Crippen LogP contribution < -0.4 is 0 Å². The molecule has 0 unspecified atom stereocenters. The first-order valence-electron chi connectivity index (χ1n) is 10.6. The Morgan fingerprint density at radius 1 is 0.562 bits per heavy atom. The molecule has 0 radical (unpaired) electrons. The van der Waals surface area contributed by atoms with Gasteiger partial charge in [-0.15, -0.1) is 0 Å². The Labute approximate surface area is 191 Å². The third-order valence-corrected chi connectivity index (χ3v) is 3.41. The number of hydrogen-bond acceptors (Lipinski definition) is 9. The molecule has 10 heteroatoms. The Hall–Kier alpha value is -2.20. The number of nitrogens with zero attached hydrogens (tertiary/aromatic N) is 2. The van der Waals surface area contributed by atoms with Gasteiger partial charge in [-0.3, -0.25) is 29.0 Å². The average Bonchev–Trinajstić information content (AvgIpc) is 2.45. The van der Waals surface area contributed by atoms with Crippen molar-refractivity contribution in [2.24, 2.45) is 0 Å². The number of rotatable bonds is 11. The lowest BCUT2D eigenvalue weighted by atomic mass is 10.2. The maximum atomic E-state index is 12.3. The number of esters is 3. The molecule has 0 aliphatic carbocycles. The second kappa shape index (κ2) is 12.2. The molecule has 0 spiro atoms. The molecule has 0 rings (SSSR count). The van der Waals surface area contributed by atoms with E-state index in [0.717, 1.165) is 0 Å². The third-order valence-electron chi connectivity index (χ3n) is 3.41. The molecule has 0 saturated heterocycles. The number of carboxylic acid groups (broad SMARTS) is 1.